The van der Waals surface area contributed by atoms with Crippen molar-refractivity contribution in [3.63, 3.8) is 0 Å². The Labute approximate surface area is 286 Å². The minimum Gasteiger partial charge on any atom is -0.448 e. The third-order valence-electron chi connectivity index (χ3n) is 7.33. The summed E-state index contributed by atoms with van der Waals surface area (Å²) in [4.78, 5) is 57.7. The maximum atomic E-state index is 14.2. The predicted octanol–water partition coefficient (Wildman–Crippen LogP) is 2.92. The molecule has 0 bridgehead atoms. The van der Waals surface area contributed by atoms with Gasteiger partial charge in [0.25, 0.3) is 11.8 Å². The fourth-order valence-corrected chi connectivity index (χ4v) is 8.08. The van der Waals surface area contributed by atoms with Gasteiger partial charge in [-0.3, -0.25) is 19.3 Å². The van der Waals surface area contributed by atoms with Crippen LogP contribution in [0.1, 0.15) is 22.9 Å². The highest BCUT2D eigenvalue weighted by molar-refractivity contribution is 8.01. The standard InChI is InChI=1S/C31H25N9O5S3/c1-39-31(36-37-38-39)48-15-20-14-46-28-23(35-26(42)21(12-13-32)22-16-47-30(34-22)33-17-41)27(43)40(28)24(20)29(44)45-25(18-8-4-2-5-9-18)19-10-6-3-7-11-19/h2-12,16-17,23,25,28H,14-15H2,1H3,(H,35,42)(H,33,34,41)/t23?,28-/m0/s1. The minimum atomic E-state index is -0.991. The monoisotopic (exact) mass is 699 g/mol. The van der Waals surface area contributed by atoms with Crippen molar-refractivity contribution in [3.8, 4) is 6.07 Å². The number of nitrogens with one attached hydrogen (secondary N) is 2. The van der Waals surface area contributed by atoms with E-state index in [-0.39, 0.29) is 22.1 Å². The minimum absolute atomic E-state index is 0.0714. The van der Waals surface area contributed by atoms with Crippen molar-refractivity contribution >= 4 is 69.8 Å². The zero-order valence-corrected chi connectivity index (χ0v) is 27.5. The lowest BCUT2D eigenvalue weighted by atomic mass is 10.0. The molecular weight excluding hydrogens is 675 g/mol. The van der Waals surface area contributed by atoms with Crippen LogP contribution in [0.4, 0.5) is 5.13 Å². The molecule has 1 fully saturated rings. The number of β-lactam (4-membered cyclic amide) rings is 1. The van der Waals surface area contributed by atoms with E-state index < -0.39 is 35.3 Å². The number of fused-ring (bicyclic) bond motifs is 1. The Balaban J connectivity index is 1.28. The van der Waals surface area contributed by atoms with Gasteiger partial charge in [0, 0.05) is 30.0 Å². The molecule has 3 amide bonds. The Morgan fingerprint density at radius 1 is 1.17 bits per heavy atom. The lowest BCUT2D eigenvalue weighted by Crippen LogP contribution is -2.70. The number of aryl methyl sites for hydroxylation is 1. The first-order valence-electron chi connectivity index (χ1n) is 14.3. The van der Waals surface area contributed by atoms with E-state index in [9.17, 15) is 24.4 Å². The largest absolute Gasteiger partial charge is 0.448 e. The van der Waals surface area contributed by atoms with Gasteiger partial charge in [0.2, 0.25) is 11.6 Å². The molecular formula is C31H25N9O5S3. The number of hydrogen-bond donors (Lipinski definition) is 2. The summed E-state index contributed by atoms with van der Waals surface area (Å²) in [6.45, 7) is 0. The average Bonchev–Trinajstić information content (AvgIpc) is 3.76. The second-order valence-electron chi connectivity index (χ2n) is 10.3. The summed E-state index contributed by atoms with van der Waals surface area (Å²) in [5.74, 6) is -1.24. The topological polar surface area (TPSA) is 185 Å². The number of esters is 1. The number of nitriles is 1. The highest BCUT2D eigenvalue weighted by Crippen LogP contribution is 2.43. The van der Waals surface area contributed by atoms with Crippen LogP contribution in [0.3, 0.4) is 0 Å². The lowest BCUT2D eigenvalue weighted by Gasteiger charge is -2.49. The molecule has 2 N–H and O–H groups in total. The zero-order valence-electron chi connectivity index (χ0n) is 25.0. The maximum Gasteiger partial charge on any atom is 0.356 e. The average molecular weight is 700 g/mol. The number of thiazole rings is 1. The van der Waals surface area contributed by atoms with Gasteiger partial charge in [0.15, 0.2) is 11.2 Å². The number of carbonyl (C=O) groups is 4. The lowest BCUT2D eigenvalue weighted by molar-refractivity contribution is -0.154. The van der Waals surface area contributed by atoms with E-state index in [1.54, 1.807) is 7.05 Å². The van der Waals surface area contributed by atoms with Crippen molar-refractivity contribution < 1.29 is 23.9 Å². The number of amides is 3. The number of nitrogens with zero attached hydrogens (tertiary/aromatic N) is 7. The molecule has 1 unspecified atom stereocenters. The van der Waals surface area contributed by atoms with Crippen molar-refractivity contribution in [2.24, 2.45) is 7.05 Å². The molecule has 2 aromatic carbocycles. The normalized spacial score (nSPS) is 17.3. The van der Waals surface area contributed by atoms with E-state index in [4.69, 9.17) is 4.74 Å². The Kier molecular flexibility index (Phi) is 9.94. The Morgan fingerprint density at radius 2 is 1.88 bits per heavy atom. The molecule has 242 valence electrons. The number of benzene rings is 2. The number of allylic oxidation sites excluding steroid dienone is 1. The van der Waals surface area contributed by atoms with Crippen LogP contribution in [-0.4, -0.2) is 77.2 Å². The first-order valence-corrected chi connectivity index (χ1v) is 17.2. The molecule has 4 heterocycles. The molecule has 6 rings (SSSR count). The third-order valence-corrected chi connectivity index (χ3v) is 10.5. The Hall–Kier alpha value is -5.31. The van der Waals surface area contributed by atoms with Crippen LogP contribution in [0.25, 0.3) is 5.57 Å². The molecule has 17 heteroatoms. The van der Waals surface area contributed by atoms with Gasteiger partial charge in [0.05, 0.1) is 17.3 Å². The summed E-state index contributed by atoms with van der Waals surface area (Å²) in [6.07, 6.45) is 0.726. The van der Waals surface area contributed by atoms with E-state index in [1.807, 2.05) is 66.7 Å². The molecule has 2 aliphatic rings. The van der Waals surface area contributed by atoms with E-state index in [0.717, 1.165) is 28.5 Å². The number of tetrazole rings is 1. The van der Waals surface area contributed by atoms with Gasteiger partial charge in [-0.1, -0.05) is 72.4 Å². The molecule has 0 aliphatic carbocycles. The molecule has 2 atom stereocenters. The fourth-order valence-electron chi connectivity index (χ4n) is 5.08. The van der Waals surface area contributed by atoms with E-state index >= 15 is 0 Å². The first-order chi connectivity index (χ1) is 23.4. The van der Waals surface area contributed by atoms with Crippen LogP contribution in [0.15, 0.2) is 88.5 Å². The van der Waals surface area contributed by atoms with Crippen LogP contribution in [-0.2, 0) is 31.0 Å². The van der Waals surface area contributed by atoms with Gasteiger partial charge in [0.1, 0.15) is 17.1 Å². The summed E-state index contributed by atoms with van der Waals surface area (Å²) in [6, 6.07) is 19.5. The molecule has 14 nitrogen and oxygen atoms in total. The fraction of sp³-hybridized carbons (Fsp3) is 0.194. The van der Waals surface area contributed by atoms with Crippen molar-refractivity contribution in [1.82, 2.24) is 35.4 Å². The number of hydrogen-bond acceptors (Lipinski definition) is 13. The smallest absolute Gasteiger partial charge is 0.356 e. The van der Waals surface area contributed by atoms with Crippen molar-refractivity contribution in [3.05, 3.63) is 100 Å². The molecule has 2 aromatic heterocycles. The highest BCUT2D eigenvalue weighted by Gasteiger charge is 2.54. The molecule has 0 radical (unpaired) electrons. The number of ether oxygens (including phenoxy) is 1. The molecule has 48 heavy (non-hydrogen) atoms. The molecule has 0 spiro atoms. The number of rotatable bonds is 12. The quantitative estimate of drug-likeness (QED) is 0.0551. The zero-order chi connectivity index (χ0) is 33.6. The number of anilines is 1. The van der Waals surface area contributed by atoms with E-state index in [1.165, 1.54) is 38.5 Å². The first kappa shape index (κ1) is 32.6. The van der Waals surface area contributed by atoms with Crippen LogP contribution in [0.5, 0.6) is 0 Å². The predicted molar refractivity (Wildman–Crippen MR) is 178 cm³/mol. The van der Waals surface area contributed by atoms with Crippen molar-refractivity contribution in [1.29, 1.82) is 5.26 Å². The molecule has 2 aliphatic heterocycles. The second-order valence-corrected chi connectivity index (χ2v) is 13.2. The number of carbonyl (C=O) groups excluding carboxylic acids is 4. The molecule has 1 saturated heterocycles. The van der Waals surface area contributed by atoms with Gasteiger partial charge in [-0.25, -0.2) is 14.5 Å². The maximum absolute atomic E-state index is 14.2. The van der Waals surface area contributed by atoms with E-state index in [0.29, 0.717) is 28.6 Å². The van der Waals surface area contributed by atoms with Gasteiger partial charge >= 0.3 is 5.97 Å². The van der Waals surface area contributed by atoms with Crippen molar-refractivity contribution in [2.45, 2.75) is 22.7 Å². The molecule has 0 saturated carbocycles. The van der Waals surface area contributed by atoms with Crippen LogP contribution >= 0.6 is 34.9 Å². The Morgan fingerprint density at radius 3 is 2.50 bits per heavy atom. The summed E-state index contributed by atoms with van der Waals surface area (Å²) >= 11 is 3.78. The third kappa shape index (κ3) is 6.72. The summed E-state index contributed by atoms with van der Waals surface area (Å²) in [7, 11) is 1.70. The Bertz CT molecular complexity index is 1920. The van der Waals surface area contributed by atoms with Gasteiger partial charge in [-0.2, -0.15) is 5.26 Å². The SMILES string of the molecule is Cn1nnnc1SCC1=C(C(=O)OC(c2ccccc2)c2ccccc2)N2C(=O)C(NC(=O)C(=CC#N)c3csc(NC=O)n3)[C@@H]2SC1. The summed E-state index contributed by atoms with van der Waals surface area (Å²) in [5.41, 5.74) is 2.35. The number of thioether (sulfide) groups is 2. The summed E-state index contributed by atoms with van der Waals surface area (Å²) < 4.78 is 7.71. The van der Waals surface area contributed by atoms with Crippen LogP contribution in [0, 0.1) is 11.3 Å². The second kappa shape index (κ2) is 14.6. The van der Waals surface area contributed by atoms with Crippen LogP contribution < -0.4 is 10.6 Å². The summed E-state index contributed by atoms with van der Waals surface area (Å²) in [5, 5.41) is 27.7. The molecule has 4 aromatic rings. The van der Waals surface area contributed by atoms with Crippen molar-refractivity contribution in [2.75, 3.05) is 16.8 Å². The van der Waals surface area contributed by atoms with Gasteiger partial charge < -0.3 is 15.4 Å². The number of aromatic nitrogens is 5. The highest BCUT2D eigenvalue weighted by atomic mass is 32.2. The van der Waals surface area contributed by atoms with Gasteiger partial charge in [-0.05, 0) is 27.1 Å². The van der Waals surface area contributed by atoms with Gasteiger partial charge in [-0.15, -0.1) is 28.2 Å². The van der Waals surface area contributed by atoms with Crippen LogP contribution in [0.2, 0.25) is 0 Å². The van der Waals surface area contributed by atoms with E-state index in [2.05, 4.69) is 31.1 Å².